The summed E-state index contributed by atoms with van der Waals surface area (Å²) in [5.74, 6) is 2.18. The van der Waals surface area contributed by atoms with Gasteiger partial charge < -0.3 is 9.47 Å². The normalized spacial score (nSPS) is 44.6. The van der Waals surface area contributed by atoms with Gasteiger partial charge in [0.2, 0.25) is 0 Å². The van der Waals surface area contributed by atoms with Crippen molar-refractivity contribution in [3.8, 4) is 0 Å². The molecule has 0 N–H and O–H groups in total. The van der Waals surface area contributed by atoms with Gasteiger partial charge in [-0.1, -0.05) is 32.4 Å². The lowest BCUT2D eigenvalue weighted by Gasteiger charge is -2.57. The quantitative estimate of drug-likeness (QED) is 0.474. The Labute approximate surface area is 175 Å². The van der Waals surface area contributed by atoms with Crippen LogP contribution in [0.5, 0.6) is 0 Å². The first kappa shape index (κ1) is 20.9. The lowest BCUT2D eigenvalue weighted by atomic mass is 9.48. The molecule has 29 heavy (non-hydrogen) atoms. The van der Waals surface area contributed by atoms with Gasteiger partial charge in [-0.05, 0) is 85.9 Å². The van der Waals surface area contributed by atoms with Crippen molar-refractivity contribution in [1.82, 2.24) is 0 Å². The predicted octanol–water partition coefficient (Wildman–Crippen LogP) is 5.31. The molecule has 0 aromatic carbocycles. The van der Waals surface area contributed by atoms with Crippen molar-refractivity contribution in [1.29, 1.82) is 0 Å². The first-order valence-corrected chi connectivity index (χ1v) is 11.7. The van der Waals surface area contributed by atoms with E-state index in [1.165, 1.54) is 33.3 Å². The summed E-state index contributed by atoms with van der Waals surface area (Å²) in [6.07, 6.45) is 11.8. The molecule has 4 rings (SSSR count). The zero-order valence-electron chi connectivity index (χ0n) is 18.8. The fraction of sp³-hybridized carbons (Fsp3) is 0.840. The first-order chi connectivity index (χ1) is 13.7. The molecular formula is C25H38O4. The molecule has 0 aromatic rings. The van der Waals surface area contributed by atoms with E-state index in [1.807, 2.05) is 0 Å². The zero-order valence-corrected chi connectivity index (χ0v) is 18.8. The Kier molecular flexibility index (Phi) is 5.36. The highest BCUT2D eigenvalue weighted by Crippen LogP contribution is 2.66. The van der Waals surface area contributed by atoms with Crippen LogP contribution in [0.2, 0.25) is 0 Å². The summed E-state index contributed by atoms with van der Waals surface area (Å²) in [7, 11) is 1.51. The molecule has 0 heterocycles. The van der Waals surface area contributed by atoms with Crippen LogP contribution in [0.15, 0.2) is 11.6 Å². The number of ether oxygens (including phenoxy) is 2. The molecule has 162 valence electrons. The Morgan fingerprint density at radius 3 is 2.59 bits per heavy atom. The van der Waals surface area contributed by atoms with E-state index in [1.54, 1.807) is 5.57 Å². The monoisotopic (exact) mass is 402 g/mol. The lowest BCUT2D eigenvalue weighted by molar-refractivity contribution is -0.151. The SMILES string of the molecule is COC(=O)[C@@H](C)[C@H]1CCC2C3CC[C@@H]4C[C@H](OC(C)=O)CC[C@]4(C)C3=CC[C@@]21C. The molecule has 0 aliphatic heterocycles. The number of carbonyl (C=O) groups is 2. The third-order valence-electron chi connectivity index (χ3n) is 9.56. The minimum absolute atomic E-state index is 0.0176. The van der Waals surface area contributed by atoms with E-state index in [9.17, 15) is 9.59 Å². The predicted molar refractivity (Wildman–Crippen MR) is 112 cm³/mol. The van der Waals surface area contributed by atoms with E-state index in [0.717, 1.165) is 32.1 Å². The van der Waals surface area contributed by atoms with Crippen LogP contribution >= 0.6 is 0 Å². The van der Waals surface area contributed by atoms with Crippen molar-refractivity contribution in [2.75, 3.05) is 7.11 Å². The molecule has 0 radical (unpaired) electrons. The number of methoxy groups -OCH3 is 1. The molecular weight excluding hydrogens is 364 g/mol. The second-order valence-corrected chi connectivity index (χ2v) is 10.8. The minimum atomic E-state index is -0.142. The average molecular weight is 403 g/mol. The zero-order chi connectivity index (χ0) is 21.0. The van der Waals surface area contributed by atoms with Crippen LogP contribution in [0.4, 0.5) is 0 Å². The summed E-state index contributed by atoms with van der Waals surface area (Å²) in [5, 5.41) is 0. The Bertz CT molecular complexity index is 712. The summed E-state index contributed by atoms with van der Waals surface area (Å²) >= 11 is 0. The van der Waals surface area contributed by atoms with Crippen LogP contribution in [0.25, 0.3) is 0 Å². The second-order valence-electron chi connectivity index (χ2n) is 10.8. The summed E-state index contributed by atoms with van der Waals surface area (Å²) in [5.41, 5.74) is 2.16. The molecule has 3 saturated carbocycles. The highest BCUT2D eigenvalue weighted by Gasteiger charge is 2.58. The smallest absolute Gasteiger partial charge is 0.308 e. The Morgan fingerprint density at radius 2 is 1.90 bits per heavy atom. The fourth-order valence-corrected chi connectivity index (χ4v) is 8.04. The molecule has 2 unspecified atom stereocenters. The van der Waals surface area contributed by atoms with Crippen molar-refractivity contribution >= 4 is 11.9 Å². The number of allylic oxidation sites excluding steroid dienone is 2. The third kappa shape index (κ3) is 3.25. The van der Waals surface area contributed by atoms with Gasteiger partial charge in [0.1, 0.15) is 6.10 Å². The molecule has 0 bridgehead atoms. The van der Waals surface area contributed by atoms with E-state index < -0.39 is 0 Å². The Morgan fingerprint density at radius 1 is 1.14 bits per heavy atom. The molecule has 0 saturated heterocycles. The maximum atomic E-state index is 12.3. The number of fused-ring (bicyclic) bond motifs is 5. The van der Waals surface area contributed by atoms with Gasteiger partial charge in [0, 0.05) is 6.92 Å². The standard InChI is InChI=1S/C25H38O4/c1-15(23(27)28-5)20-8-9-21-19-7-6-17-14-18(29-16(2)26)10-12-24(17,3)22(19)11-13-25(20,21)4/h11,15,17-21H,6-10,12-14H2,1-5H3/t15-,17+,18+,19?,20+,21?,24-,25+/m0/s1. The lowest BCUT2D eigenvalue weighted by Crippen LogP contribution is -2.49. The molecule has 0 aromatic heterocycles. The maximum Gasteiger partial charge on any atom is 0.308 e. The molecule has 8 atom stereocenters. The van der Waals surface area contributed by atoms with Gasteiger partial charge >= 0.3 is 11.9 Å². The van der Waals surface area contributed by atoms with Crippen LogP contribution in [0.1, 0.15) is 79.1 Å². The highest BCUT2D eigenvalue weighted by atomic mass is 16.5. The molecule has 4 aliphatic carbocycles. The van der Waals surface area contributed by atoms with Crippen LogP contribution < -0.4 is 0 Å². The van der Waals surface area contributed by atoms with Crippen molar-refractivity contribution in [2.45, 2.75) is 85.2 Å². The summed E-state index contributed by atoms with van der Waals surface area (Å²) in [4.78, 5) is 23.7. The maximum absolute atomic E-state index is 12.3. The number of esters is 2. The number of hydrogen-bond donors (Lipinski definition) is 0. The third-order valence-corrected chi connectivity index (χ3v) is 9.56. The van der Waals surface area contributed by atoms with Gasteiger partial charge in [0.05, 0.1) is 13.0 Å². The number of carbonyl (C=O) groups excluding carboxylic acids is 2. The minimum Gasteiger partial charge on any atom is -0.469 e. The van der Waals surface area contributed by atoms with Crippen molar-refractivity contribution in [3.05, 3.63) is 11.6 Å². The second kappa shape index (κ2) is 7.42. The Balaban J connectivity index is 1.57. The van der Waals surface area contributed by atoms with Crippen LogP contribution in [-0.4, -0.2) is 25.2 Å². The van der Waals surface area contributed by atoms with E-state index in [2.05, 4.69) is 26.8 Å². The molecule has 4 aliphatic rings. The van der Waals surface area contributed by atoms with Crippen LogP contribution in [0.3, 0.4) is 0 Å². The van der Waals surface area contributed by atoms with Gasteiger partial charge in [0.25, 0.3) is 0 Å². The van der Waals surface area contributed by atoms with Crippen LogP contribution in [-0.2, 0) is 19.1 Å². The van der Waals surface area contributed by atoms with Gasteiger partial charge in [-0.2, -0.15) is 0 Å². The molecule has 4 nitrogen and oxygen atoms in total. The largest absolute Gasteiger partial charge is 0.469 e. The van der Waals surface area contributed by atoms with E-state index >= 15 is 0 Å². The van der Waals surface area contributed by atoms with E-state index in [0.29, 0.717) is 23.7 Å². The molecule has 0 spiro atoms. The summed E-state index contributed by atoms with van der Waals surface area (Å²) in [6.45, 7) is 8.51. The molecule has 3 fully saturated rings. The summed E-state index contributed by atoms with van der Waals surface area (Å²) in [6, 6.07) is 0. The summed E-state index contributed by atoms with van der Waals surface area (Å²) < 4.78 is 10.7. The van der Waals surface area contributed by atoms with E-state index in [-0.39, 0.29) is 34.8 Å². The topological polar surface area (TPSA) is 52.6 Å². The number of rotatable bonds is 3. The number of hydrogen-bond acceptors (Lipinski definition) is 4. The van der Waals surface area contributed by atoms with Crippen molar-refractivity contribution < 1.29 is 19.1 Å². The van der Waals surface area contributed by atoms with Gasteiger partial charge in [-0.3, -0.25) is 9.59 Å². The highest BCUT2D eigenvalue weighted by molar-refractivity contribution is 5.72. The molecule has 0 amide bonds. The van der Waals surface area contributed by atoms with Crippen molar-refractivity contribution in [3.63, 3.8) is 0 Å². The van der Waals surface area contributed by atoms with Crippen LogP contribution in [0, 0.1) is 40.4 Å². The van der Waals surface area contributed by atoms with Gasteiger partial charge in [-0.25, -0.2) is 0 Å². The van der Waals surface area contributed by atoms with E-state index in [4.69, 9.17) is 9.47 Å². The average Bonchev–Trinajstić information content (AvgIpc) is 3.03. The van der Waals surface area contributed by atoms with Crippen molar-refractivity contribution in [2.24, 2.45) is 40.4 Å². The molecule has 4 heteroatoms. The first-order valence-electron chi connectivity index (χ1n) is 11.7. The Hall–Kier alpha value is -1.32. The van der Waals surface area contributed by atoms with Gasteiger partial charge in [-0.15, -0.1) is 0 Å². The van der Waals surface area contributed by atoms with Gasteiger partial charge in [0.15, 0.2) is 0 Å². The fourth-order valence-electron chi connectivity index (χ4n) is 8.04.